The van der Waals surface area contributed by atoms with Crippen LogP contribution in [0.25, 0.3) is 0 Å². The minimum absolute atomic E-state index is 0.0864. The molecule has 0 radical (unpaired) electrons. The van der Waals surface area contributed by atoms with Crippen molar-refractivity contribution >= 4 is 23.3 Å². The van der Waals surface area contributed by atoms with Gasteiger partial charge in [-0.05, 0) is 24.3 Å². The molecule has 2 aromatic rings. The van der Waals surface area contributed by atoms with Crippen LogP contribution >= 0.6 is 11.6 Å². The normalized spacial score (nSPS) is 9.83. The summed E-state index contributed by atoms with van der Waals surface area (Å²) in [5.74, 6) is 0.667. The van der Waals surface area contributed by atoms with Crippen molar-refractivity contribution in [1.82, 2.24) is 4.98 Å². The fraction of sp³-hybridized carbons (Fsp3) is 0.0769. The van der Waals surface area contributed by atoms with Gasteiger partial charge in [0.2, 0.25) is 0 Å². The molecule has 0 saturated carbocycles. The summed E-state index contributed by atoms with van der Waals surface area (Å²) in [7, 11) is 0. The first-order valence-corrected chi connectivity index (χ1v) is 5.72. The smallest absolute Gasteiger partial charge is 0.263 e. The number of hydrogen-bond donors (Lipinski definition) is 1. The largest absolute Gasteiger partial charge is 0.484 e. The first-order chi connectivity index (χ1) is 8.75. The zero-order chi connectivity index (χ0) is 12.8. The highest BCUT2D eigenvalue weighted by molar-refractivity contribution is 6.33. The lowest BCUT2D eigenvalue weighted by molar-refractivity contribution is -0.118. The van der Waals surface area contributed by atoms with E-state index in [9.17, 15) is 4.79 Å². The van der Waals surface area contributed by atoms with Gasteiger partial charge in [0.25, 0.3) is 5.91 Å². The van der Waals surface area contributed by atoms with E-state index >= 15 is 0 Å². The summed E-state index contributed by atoms with van der Waals surface area (Å²) in [6, 6.07) is 12.5. The van der Waals surface area contributed by atoms with Crippen LogP contribution in [0, 0.1) is 0 Å². The topological polar surface area (TPSA) is 51.2 Å². The van der Waals surface area contributed by atoms with Crippen molar-refractivity contribution in [3.05, 3.63) is 53.7 Å². The Hall–Kier alpha value is -2.07. The van der Waals surface area contributed by atoms with E-state index in [0.29, 0.717) is 16.6 Å². The second-order valence-electron chi connectivity index (χ2n) is 3.48. The maximum Gasteiger partial charge on any atom is 0.263 e. The standard InChI is InChI=1S/C13H11ClN2O2/c14-11-7-4-8-15-13(11)16-12(17)9-18-10-5-2-1-3-6-10/h1-8H,9H2,(H,15,16,17). The highest BCUT2D eigenvalue weighted by Crippen LogP contribution is 2.17. The van der Waals surface area contributed by atoms with Crippen LogP contribution in [0.15, 0.2) is 48.7 Å². The van der Waals surface area contributed by atoms with Gasteiger partial charge in [-0.2, -0.15) is 0 Å². The summed E-state index contributed by atoms with van der Waals surface area (Å²) in [5.41, 5.74) is 0. The van der Waals surface area contributed by atoms with Gasteiger partial charge >= 0.3 is 0 Å². The van der Waals surface area contributed by atoms with Crippen molar-refractivity contribution in [2.45, 2.75) is 0 Å². The van der Waals surface area contributed by atoms with Crippen LogP contribution in [0.5, 0.6) is 5.75 Å². The molecule has 5 heteroatoms. The van der Waals surface area contributed by atoms with E-state index in [0.717, 1.165) is 0 Å². The molecule has 0 aliphatic heterocycles. The zero-order valence-electron chi connectivity index (χ0n) is 9.47. The summed E-state index contributed by atoms with van der Waals surface area (Å²) >= 11 is 5.87. The number of carbonyl (C=O) groups excluding carboxylic acids is 1. The molecule has 0 aliphatic rings. The Morgan fingerprint density at radius 3 is 2.72 bits per heavy atom. The monoisotopic (exact) mass is 262 g/mol. The molecular formula is C13H11ClN2O2. The van der Waals surface area contributed by atoms with E-state index in [1.54, 1.807) is 30.5 Å². The number of pyridine rings is 1. The number of halogens is 1. The quantitative estimate of drug-likeness (QED) is 0.922. The third kappa shape index (κ3) is 3.46. The third-order valence-electron chi connectivity index (χ3n) is 2.13. The predicted octanol–water partition coefficient (Wildman–Crippen LogP) is 2.75. The lowest BCUT2D eigenvalue weighted by Gasteiger charge is -2.07. The highest BCUT2D eigenvalue weighted by Gasteiger charge is 2.06. The van der Waals surface area contributed by atoms with E-state index in [-0.39, 0.29) is 12.5 Å². The summed E-state index contributed by atoms with van der Waals surface area (Å²) in [5, 5.41) is 2.97. The molecule has 1 aromatic carbocycles. The van der Waals surface area contributed by atoms with Gasteiger partial charge in [0.05, 0.1) is 5.02 Å². The Morgan fingerprint density at radius 1 is 1.22 bits per heavy atom. The average molecular weight is 263 g/mol. The van der Waals surface area contributed by atoms with Crippen molar-refractivity contribution in [2.24, 2.45) is 0 Å². The summed E-state index contributed by atoms with van der Waals surface area (Å²) in [6.07, 6.45) is 1.56. The lowest BCUT2D eigenvalue weighted by atomic mass is 10.3. The second-order valence-corrected chi connectivity index (χ2v) is 3.89. The number of para-hydroxylation sites is 1. The maximum absolute atomic E-state index is 11.6. The minimum atomic E-state index is -0.306. The van der Waals surface area contributed by atoms with Gasteiger partial charge in [0.15, 0.2) is 12.4 Å². The van der Waals surface area contributed by atoms with Crippen molar-refractivity contribution in [3.8, 4) is 5.75 Å². The van der Waals surface area contributed by atoms with Gasteiger partial charge < -0.3 is 10.1 Å². The van der Waals surface area contributed by atoms with Crippen LogP contribution in [0.2, 0.25) is 5.02 Å². The molecule has 1 aromatic heterocycles. The molecule has 4 nitrogen and oxygen atoms in total. The Balaban J connectivity index is 1.88. The van der Waals surface area contributed by atoms with E-state index in [2.05, 4.69) is 10.3 Å². The third-order valence-corrected chi connectivity index (χ3v) is 2.43. The molecule has 1 heterocycles. The Kier molecular flexibility index (Phi) is 4.15. The van der Waals surface area contributed by atoms with Crippen LogP contribution in [0.1, 0.15) is 0 Å². The number of anilines is 1. The molecule has 18 heavy (non-hydrogen) atoms. The second kappa shape index (κ2) is 6.02. The fourth-order valence-corrected chi connectivity index (χ4v) is 1.48. The van der Waals surface area contributed by atoms with Crippen LogP contribution in [0.4, 0.5) is 5.82 Å². The first-order valence-electron chi connectivity index (χ1n) is 5.34. The van der Waals surface area contributed by atoms with E-state index in [1.165, 1.54) is 0 Å². The van der Waals surface area contributed by atoms with Gasteiger partial charge in [-0.15, -0.1) is 0 Å². The van der Waals surface area contributed by atoms with Crippen molar-refractivity contribution < 1.29 is 9.53 Å². The summed E-state index contributed by atoms with van der Waals surface area (Å²) < 4.78 is 5.30. The Morgan fingerprint density at radius 2 is 2.00 bits per heavy atom. The van der Waals surface area contributed by atoms with Crippen molar-refractivity contribution in [2.75, 3.05) is 11.9 Å². The summed E-state index contributed by atoms with van der Waals surface area (Å²) in [4.78, 5) is 15.6. The molecule has 0 saturated heterocycles. The molecule has 0 atom stereocenters. The Bertz CT molecular complexity index is 532. The molecule has 0 fully saturated rings. The number of aromatic nitrogens is 1. The van der Waals surface area contributed by atoms with Gasteiger partial charge in [-0.3, -0.25) is 4.79 Å². The van der Waals surface area contributed by atoms with Crippen molar-refractivity contribution in [3.63, 3.8) is 0 Å². The molecule has 1 amide bonds. The van der Waals surface area contributed by atoms with Gasteiger partial charge in [0.1, 0.15) is 5.75 Å². The van der Waals surface area contributed by atoms with E-state index in [4.69, 9.17) is 16.3 Å². The first kappa shape index (κ1) is 12.4. The van der Waals surface area contributed by atoms with Gasteiger partial charge in [-0.1, -0.05) is 29.8 Å². The molecule has 92 valence electrons. The van der Waals surface area contributed by atoms with Gasteiger partial charge in [-0.25, -0.2) is 4.98 Å². The molecule has 0 aliphatic carbocycles. The molecule has 1 N–H and O–H groups in total. The number of ether oxygens (including phenoxy) is 1. The van der Waals surface area contributed by atoms with Crippen LogP contribution in [-0.2, 0) is 4.79 Å². The highest BCUT2D eigenvalue weighted by atomic mass is 35.5. The SMILES string of the molecule is O=C(COc1ccccc1)Nc1ncccc1Cl. The number of nitrogens with zero attached hydrogens (tertiary/aromatic N) is 1. The molecule has 0 bridgehead atoms. The number of benzene rings is 1. The van der Waals surface area contributed by atoms with Crippen LogP contribution < -0.4 is 10.1 Å². The molecule has 0 spiro atoms. The number of nitrogens with one attached hydrogen (secondary N) is 1. The fourth-order valence-electron chi connectivity index (χ4n) is 1.31. The summed E-state index contributed by atoms with van der Waals surface area (Å²) in [6.45, 7) is -0.0864. The number of rotatable bonds is 4. The lowest BCUT2D eigenvalue weighted by Crippen LogP contribution is -2.20. The maximum atomic E-state index is 11.6. The minimum Gasteiger partial charge on any atom is -0.484 e. The predicted molar refractivity (Wildman–Crippen MR) is 69.8 cm³/mol. The molecular weight excluding hydrogens is 252 g/mol. The Labute approximate surface area is 110 Å². The van der Waals surface area contributed by atoms with E-state index in [1.807, 2.05) is 18.2 Å². The van der Waals surface area contributed by atoms with Crippen LogP contribution in [-0.4, -0.2) is 17.5 Å². The van der Waals surface area contributed by atoms with Crippen molar-refractivity contribution in [1.29, 1.82) is 0 Å². The number of amides is 1. The molecule has 2 rings (SSSR count). The number of carbonyl (C=O) groups is 1. The van der Waals surface area contributed by atoms with Crippen LogP contribution in [0.3, 0.4) is 0 Å². The molecule has 0 unspecified atom stereocenters. The number of hydrogen-bond acceptors (Lipinski definition) is 3. The van der Waals surface area contributed by atoms with Gasteiger partial charge in [0, 0.05) is 6.20 Å². The average Bonchev–Trinajstić information content (AvgIpc) is 2.40. The zero-order valence-corrected chi connectivity index (χ0v) is 10.2. The van der Waals surface area contributed by atoms with E-state index < -0.39 is 0 Å².